The number of piperazine rings is 1. The Balaban J connectivity index is 1.29. The van der Waals surface area contributed by atoms with Gasteiger partial charge in [0.1, 0.15) is 5.69 Å². The van der Waals surface area contributed by atoms with Crippen LogP contribution in [-0.4, -0.2) is 78.4 Å². The van der Waals surface area contributed by atoms with Crippen molar-refractivity contribution in [3.8, 4) is 0 Å². The SMILES string of the molecule is O=C(CN1CCN(C(=O)C2CCN(c3ccc(C(F)(F)F)cc3[N+](=O)[O-])CC2)CC1)NC1CC1. The third kappa shape index (κ3) is 5.78. The Kier molecular flexibility index (Phi) is 6.96. The molecule has 1 aromatic carbocycles. The van der Waals surface area contributed by atoms with Crippen LogP contribution in [-0.2, 0) is 15.8 Å². The Morgan fingerprint density at radius 3 is 2.24 bits per heavy atom. The molecule has 0 radical (unpaired) electrons. The van der Waals surface area contributed by atoms with Crippen LogP contribution >= 0.6 is 0 Å². The van der Waals surface area contributed by atoms with Crippen molar-refractivity contribution in [2.24, 2.45) is 5.92 Å². The predicted octanol–water partition coefficient (Wildman–Crippen LogP) is 2.25. The van der Waals surface area contributed by atoms with Crippen LogP contribution in [0.5, 0.6) is 0 Å². The largest absolute Gasteiger partial charge is 0.416 e. The highest BCUT2D eigenvalue weighted by atomic mass is 19.4. The molecule has 0 atom stereocenters. The predicted molar refractivity (Wildman–Crippen MR) is 117 cm³/mol. The number of piperidine rings is 1. The van der Waals surface area contributed by atoms with Gasteiger partial charge in [-0.3, -0.25) is 24.6 Å². The summed E-state index contributed by atoms with van der Waals surface area (Å²) in [6.07, 6.45) is -1.63. The fraction of sp³-hybridized carbons (Fsp3) is 0.636. The van der Waals surface area contributed by atoms with E-state index in [0.717, 1.165) is 25.0 Å². The fourth-order valence-corrected chi connectivity index (χ4v) is 4.57. The zero-order valence-corrected chi connectivity index (χ0v) is 18.7. The van der Waals surface area contributed by atoms with Crippen LogP contribution in [0.1, 0.15) is 31.2 Å². The molecule has 0 unspecified atom stereocenters. The summed E-state index contributed by atoms with van der Waals surface area (Å²) in [5.41, 5.74) is -1.50. The number of benzene rings is 1. The smallest absolute Gasteiger partial charge is 0.366 e. The summed E-state index contributed by atoms with van der Waals surface area (Å²) in [5, 5.41) is 14.4. The van der Waals surface area contributed by atoms with Crippen LogP contribution < -0.4 is 10.2 Å². The van der Waals surface area contributed by atoms with Crippen LogP contribution in [0.2, 0.25) is 0 Å². The molecule has 1 saturated carbocycles. The quantitative estimate of drug-likeness (QED) is 0.492. The third-order valence-corrected chi connectivity index (χ3v) is 6.68. The summed E-state index contributed by atoms with van der Waals surface area (Å²) >= 11 is 0. The molecule has 1 aliphatic carbocycles. The summed E-state index contributed by atoms with van der Waals surface area (Å²) in [5.74, 6) is -0.176. The maximum absolute atomic E-state index is 13.0. The van der Waals surface area contributed by atoms with Crippen molar-refractivity contribution in [3.63, 3.8) is 0 Å². The molecule has 4 rings (SSSR count). The second-order valence-corrected chi connectivity index (χ2v) is 9.16. The average molecular weight is 483 g/mol. The maximum atomic E-state index is 13.0. The standard InChI is InChI=1S/C22H28F3N5O4/c23-22(24,25)16-1-4-18(19(13-16)30(33)34)28-7-5-15(6-8-28)21(32)29-11-9-27(10-12-29)14-20(31)26-17-2-3-17/h1,4,13,15,17H,2-3,5-12,14H2,(H,26,31). The first-order valence-corrected chi connectivity index (χ1v) is 11.5. The summed E-state index contributed by atoms with van der Waals surface area (Å²) in [7, 11) is 0. The van der Waals surface area contributed by atoms with E-state index in [0.29, 0.717) is 70.8 Å². The first kappa shape index (κ1) is 24.2. The lowest BCUT2D eigenvalue weighted by molar-refractivity contribution is -0.384. The summed E-state index contributed by atoms with van der Waals surface area (Å²) in [4.78, 5) is 41.1. The van der Waals surface area contributed by atoms with E-state index in [1.165, 1.54) is 0 Å². The van der Waals surface area contributed by atoms with Gasteiger partial charge in [-0.15, -0.1) is 0 Å². The molecular formula is C22H28F3N5O4. The van der Waals surface area contributed by atoms with Gasteiger partial charge < -0.3 is 15.1 Å². The van der Waals surface area contributed by atoms with Crippen molar-refractivity contribution in [2.75, 3.05) is 50.7 Å². The van der Waals surface area contributed by atoms with Gasteiger partial charge >= 0.3 is 6.18 Å². The van der Waals surface area contributed by atoms with Crippen LogP contribution in [0.4, 0.5) is 24.5 Å². The molecule has 34 heavy (non-hydrogen) atoms. The van der Waals surface area contributed by atoms with E-state index < -0.39 is 22.4 Å². The van der Waals surface area contributed by atoms with Crippen LogP contribution in [0, 0.1) is 16.0 Å². The molecular weight excluding hydrogens is 455 g/mol. The number of nitro benzene ring substituents is 1. The number of alkyl halides is 3. The first-order valence-electron chi connectivity index (χ1n) is 11.5. The van der Waals surface area contributed by atoms with E-state index in [2.05, 4.69) is 5.32 Å². The number of carbonyl (C=O) groups is 2. The van der Waals surface area contributed by atoms with Crippen LogP contribution in [0.3, 0.4) is 0 Å². The van der Waals surface area contributed by atoms with Gasteiger partial charge in [0.05, 0.1) is 17.0 Å². The molecule has 3 fully saturated rings. The molecule has 0 aromatic heterocycles. The van der Waals surface area contributed by atoms with Crippen LogP contribution in [0.25, 0.3) is 0 Å². The van der Waals surface area contributed by atoms with E-state index >= 15 is 0 Å². The lowest BCUT2D eigenvalue weighted by atomic mass is 9.94. The second kappa shape index (κ2) is 9.77. The highest BCUT2D eigenvalue weighted by molar-refractivity contribution is 5.80. The molecule has 2 heterocycles. The molecule has 12 heteroatoms. The van der Waals surface area contributed by atoms with Crippen molar-refractivity contribution >= 4 is 23.2 Å². The minimum Gasteiger partial charge on any atom is -0.366 e. The molecule has 1 N–H and O–H groups in total. The van der Waals surface area contributed by atoms with E-state index in [-0.39, 0.29) is 23.4 Å². The Morgan fingerprint density at radius 2 is 1.68 bits per heavy atom. The molecule has 186 valence electrons. The normalized spacial score (nSPS) is 20.3. The highest BCUT2D eigenvalue weighted by Gasteiger charge is 2.36. The monoisotopic (exact) mass is 483 g/mol. The average Bonchev–Trinajstić information content (AvgIpc) is 3.62. The molecule has 2 aliphatic heterocycles. The van der Waals surface area contributed by atoms with Gasteiger partial charge in [0.15, 0.2) is 0 Å². The summed E-state index contributed by atoms with van der Waals surface area (Å²) < 4.78 is 38.9. The van der Waals surface area contributed by atoms with E-state index in [1.807, 2.05) is 4.90 Å². The molecule has 0 bridgehead atoms. The summed E-state index contributed by atoms with van der Waals surface area (Å²) in [6, 6.07) is 2.88. The zero-order chi connectivity index (χ0) is 24.5. The van der Waals surface area contributed by atoms with Gasteiger partial charge in [0.25, 0.3) is 5.69 Å². The minimum atomic E-state index is -4.66. The van der Waals surface area contributed by atoms with Crippen molar-refractivity contribution in [1.29, 1.82) is 0 Å². The maximum Gasteiger partial charge on any atom is 0.416 e. The van der Waals surface area contributed by atoms with Crippen LogP contribution in [0.15, 0.2) is 18.2 Å². The van der Waals surface area contributed by atoms with E-state index in [4.69, 9.17) is 0 Å². The number of hydrogen-bond donors (Lipinski definition) is 1. The zero-order valence-electron chi connectivity index (χ0n) is 18.7. The fourth-order valence-electron chi connectivity index (χ4n) is 4.57. The topological polar surface area (TPSA) is 99.0 Å². The molecule has 2 amide bonds. The van der Waals surface area contributed by atoms with Crippen molar-refractivity contribution in [3.05, 3.63) is 33.9 Å². The number of halogens is 3. The number of amides is 2. The molecule has 3 aliphatic rings. The van der Waals surface area contributed by atoms with Gasteiger partial charge in [-0.1, -0.05) is 0 Å². The molecule has 0 spiro atoms. The number of rotatable bonds is 6. The van der Waals surface area contributed by atoms with Gasteiger partial charge in [-0.2, -0.15) is 13.2 Å². The number of hydrogen-bond acceptors (Lipinski definition) is 6. The number of carbonyl (C=O) groups excluding carboxylic acids is 2. The molecule has 9 nitrogen and oxygen atoms in total. The van der Waals surface area contributed by atoms with Crippen molar-refractivity contribution < 1.29 is 27.7 Å². The summed E-state index contributed by atoms with van der Waals surface area (Å²) in [6.45, 7) is 3.37. The van der Waals surface area contributed by atoms with E-state index in [1.54, 1.807) is 9.80 Å². The Hall–Kier alpha value is -2.89. The molecule has 2 saturated heterocycles. The van der Waals surface area contributed by atoms with Gasteiger partial charge in [0.2, 0.25) is 11.8 Å². The van der Waals surface area contributed by atoms with E-state index in [9.17, 15) is 32.9 Å². The van der Waals surface area contributed by atoms with Crippen molar-refractivity contribution in [1.82, 2.24) is 15.1 Å². The van der Waals surface area contributed by atoms with Crippen molar-refractivity contribution in [2.45, 2.75) is 37.9 Å². The van der Waals surface area contributed by atoms with Gasteiger partial charge in [-0.25, -0.2) is 0 Å². The lowest BCUT2D eigenvalue weighted by Gasteiger charge is -2.38. The Morgan fingerprint density at radius 1 is 1.03 bits per heavy atom. The number of nitrogens with one attached hydrogen (secondary N) is 1. The van der Waals surface area contributed by atoms with Gasteiger partial charge in [0, 0.05) is 57.3 Å². The molecule has 1 aromatic rings. The minimum absolute atomic E-state index is 0.0204. The lowest BCUT2D eigenvalue weighted by Crippen LogP contribution is -2.53. The third-order valence-electron chi connectivity index (χ3n) is 6.68. The Bertz CT molecular complexity index is 937. The first-order chi connectivity index (χ1) is 16.1. The highest BCUT2D eigenvalue weighted by Crippen LogP contribution is 2.37. The second-order valence-electron chi connectivity index (χ2n) is 9.16. The number of nitro groups is 1. The number of anilines is 1. The van der Waals surface area contributed by atoms with Gasteiger partial charge in [-0.05, 0) is 37.8 Å². The Labute approximate surface area is 195 Å². The number of nitrogens with zero attached hydrogens (tertiary/aromatic N) is 4.